The molecule has 0 fully saturated rings. The molecule has 0 rings (SSSR count). The van der Waals surface area contributed by atoms with E-state index in [0.717, 1.165) is 6.42 Å². The van der Waals surface area contributed by atoms with E-state index >= 15 is 0 Å². The number of aliphatic carboxylic acids is 1. The quantitative estimate of drug-likeness (QED) is 0.696. The van der Waals surface area contributed by atoms with Gasteiger partial charge >= 0.3 is 12.0 Å². The van der Waals surface area contributed by atoms with Gasteiger partial charge in [0.25, 0.3) is 0 Å². The van der Waals surface area contributed by atoms with Crippen LogP contribution in [0, 0.1) is 0 Å². The molecule has 1 atom stereocenters. The fraction of sp³-hybridized carbons (Fsp3) is 0.778. The van der Waals surface area contributed by atoms with Crippen molar-refractivity contribution >= 4 is 12.0 Å². The van der Waals surface area contributed by atoms with E-state index in [9.17, 15) is 9.59 Å². The van der Waals surface area contributed by atoms with E-state index in [2.05, 4.69) is 5.32 Å². The molecule has 0 radical (unpaired) electrons. The van der Waals surface area contributed by atoms with Crippen molar-refractivity contribution in [1.29, 1.82) is 0 Å². The third-order valence-electron chi connectivity index (χ3n) is 1.87. The highest BCUT2D eigenvalue weighted by Gasteiger charge is 2.17. The average Bonchev–Trinajstić information content (AvgIpc) is 2.13. The molecule has 2 amide bonds. The molecule has 0 saturated heterocycles. The average molecular weight is 202 g/mol. The van der Waals surface area contributed by atoms with Crippen LogP contribution >= 0.6 is 0 Å². The summed E-state index contributed by atoms with van der Waals surface area (Å²) in [6.45, 7) is 6.51. The standard InChI is InChI=1S/C9H18N2O3/c1-4-6-11(5-2)9(14)10-7(3)8(12)13/h7H,4-6H2,1-3H3,(H,10,14)(H,12,13). The number of urea groups is 1. The molecule has 1 unspecified atom stereocenters. The lowest BCUT2D eigenvalue weighted by Crippen LogP contribution is -2.46. The molecule has 5 heteroatoms. The molecule has 5 nitrogen and oxygen atoms in total. The lowest BCUT2D eigenvalue weighted by atomic mass is 10.3. The van der Waals surface area contributed by atoms with E-state index in [4.69, 9.17) is 5.11 Å². The Morgan fingerprint density at radius 3 is 2.36 bits per heavy atom. The summed E-state index contributed by atoms with van der Waals surface area (Å²) in [5.74, 6) is -1.02. The molecule has 0 bridgehead atoms. The summed E-state index contributed by atoms with van der Waals surface area (Å²) >= 11 is 0. The van der Waals surface area contributed by atoms with Crippen LogP contribution in [0.4, 0.5) is 4.79 Å². The molecule has 0 aromatic rings. The van der Waals surface area contributed by atoms with Gasteiger partial charge in [-0.2, -0.15) is 0 Å². The molecule has 14 heavy (non-hydrogen) atoms. The maximum Gasteiger partial charge on any atom is 0.325 e. The second kappa shape index (κ2) is 6.23. The molecular formula is C9H18N2O3. The van der Waals surface area contributed by atoms with Crippen molar-refractivity contribution in [3.05, 3.63) is 0 Å². The van der Waals surface area contributed by atoms with Gasteiger partial charge in [-0.25, -0.2) is 4.79 Å². The number of carboxylic acid groups (broad SMARTS) is 1. The molecule has 0 saturated carbocycles. The van der Waals surface area contributed by atoms with Crippen LogP contribution in [0.2, 0.25) is 0 Å². The van der Waals surface area contributed by atoms with Gasteiger partial charge < -0.3 is 15.3 Å². The first-order valence-electron chi connectivity index (χ1n) is 4.81. The highest BCUT2D eigenvalue weighted by Crippen LogP contribution is 1.93. The van der Waals surface area contributed by atoms with Gasteiger partial charge in [0.2, 0.25) is 0 Å². The summed E-state index contributed by atoms with van der Waals surface area (Å²) < 4.78 is 0. The Labute approximate surface area is 84.1 Å². The van der Waals surface area contributed by atoms with E-state index in [1.54, 1.807) is 4.90 Å². The van der Waals surface area contributed by atoms with Crippen molar-refractivity contribution in [2.24, 2.45) is 0 Å². The minimum absolute atomic E-state index is 0.316. The van der Waals surface area contributed by atoms with Crippen LogP contribution in [0.5, 0.6) is 0 Å². The molecule has 82 valence electrons. The second-order valence-electron chi connectivity index (χ2n) is 3.09. The zero-order valence-electron chi connectivity index (χ0n) is 8.91. The Balaban J connectivity index is 4.09. The van der Waals surface area contributed by atoms with Crippen LogP contribution in [0.15, 0.2) is 0 Å². The maximum atomic E-state index is 11.4. The maximum absolute atomic E-state index is 11.4. The third kappa shape index (κ3) is 4.11. The largest absolute Gasteiger partial charge is 0.480 e. The number of rotatable bonds is 5. The highest BCUT2D eigenvalue weighted by molar-refractivity contribution is 5.82. The number of hydrogen-bond acceptors (Lipinski definition) is 2. The lowest BCUT2D eigenvalue weighted by Gasteiger charge is -2.21. The van der Waals surface area contributed by atoms with Gasteiger partial charge in [0.1, 0.15) is 6.04 Å². The van der Waals surface area contributed by atoms with E-state index in [1.165, 1.54) is 6.92 Å². The molecule has 0 aliphatic heterocycles. The molecule has 0 aliphatic carbocycles. The van der Waals surface area contributed by atoms with Crippen LogP contribution in [-0.2, 0) is 4.79 Å². The summed E-state index contributed by atoms with van der Waals surface area (Å²) in [7, 11) is 0. The zero-order chi connectivity index (χ0) is 11.1. The van der Waals surface area contributed by atoms with Gasteiger partial charge in [-0.1, -0.05) is 6.92 Å². The lowest BCUT2D eigenvalue weighted by molar-refractivity contribution is -0.138. The van der Waals surface area contributed by atoms with Gasteiger partial charge in [-0.3, -0.25) is 4.79 Å². The van der Waals surface area contributed by atoms with Crippen molar-refractivity contribution in [3.8, 4) is 0 Å². The molecule has 0 aliphatic rings. The predicted molar refractivity (Wildman–Crippen MR) is 53.2 cm³/mol. The SMILES string of the molecule is CCCN(CC)C(=O)NC(C)C(=O)O. The topological polar surface area (TPSA) is 69.6 Å². The predicted octanol–water partition coefficient (Wildman–Crippen LogP) is 0.901. The van der Waals surface area contributed by atoms with Crippen LogP contribution in [0.1, 0.15) is 27.2 Å². The van der Waals surface area contributed by atoms with Crippen molar-refractivity contribution in [1.82, 2.24) is 10.2 Å². The summed E-state index contributed by atoms with van der Waals surface area (Å²) in [5.41, 5.74) is 0. The highest BCUT2D eigenvalue weighted by atomic mass is 16.4. The number of nitrogens with zero attached hydrogens (tertiary/aromatic N) is 1. The van der Waals surface area contributed by atoms with Crippen molar-refractivity contribution < 1.29 is 14.7 Å². The number of carboxylic acids is 1. The van der Waals surface area contributed by atoms with Crippen molar-refractivity contribution in [2.45, 2.75) is 33.2 Å². The molecule has 0 aromatic heterocycles. The first-order valence-corrected chi connectivity index (χ1v) is 4.81. The smallest absolute Gasteiger partial charge is 0.325 e. The summed E-state index contributed by atoms with van der Waals surface area (Å²) in [5, 5.41) is 11.0. The molecule has 2 N–H and O–H groups in total. The van der Waals surface area contributed by atoms with Crippen LogP contribution in [0.3, 0.4) is 0 Å². The van der Waals surface area contributed by atoms with Gasteiger partial charge in [0.15, 0.2) is 0 Å². The minimum atomic E-state index is -1.02. The van der Waals surface area contributed by atoms with Gasteiger partial charge in [-0.15, -0.1) is 0 Å². The Morgan fingerprint density at radius 1 is 1.43 bits per heavy atom. The Hall–Kier alpha value is -1.26. The van der Waals surface area contributed by atoms with Gasteiger partial charge in [0.05, 0.1) is 0 Å². The van der Waals surface area contributed by atoms with Gasteiger partial charge in [-0.05, 0) is 20.3 Å². The summed E-state index contributed by atoms with van der Waals surface area (Å²) in [6.07, 6.45) is 0.864. The van der Waals surface area contributed by atoms with Crippen LogP contribution in [0.25, 0.3) is 0 Å². The van der Waals surface area contributed by atoms with E-state index in [1.807, 2.05) is 13.8 Å². The monoisotopic (exact) mass is 202 g/mol. The molecular weight excluding hydrogens is 184 g/mol. The van der Waals surface area contributed by atoms with Crippen molar-refractivity contribution in [3.63, 3.8) is 0 Å². The normalized spacial score (nSPS) is 11.9. The first-order chi connectivity index (χ1) is 6.52. The number of nitrogens with one attached hydrogen (secondary N) is 1. The number of carbonyl (C=O) groups is 2. The van der Waals surface area contributed by atoms with E-state index < -0.39 is 12.0 Å². The fourth-order valence-electron chi connectivity index (χ4n) is 1.01. The zero-order valence-corrected chi connectivity index (χ0v) is 8.91. The van der Waals surface area contributed by atoms with Crippen molar-refractivity contribution in [2.75, 3.05) is 13.1 Å². The Morgan fingerprint density at radius 2 is 2.00 bits per heavy atom. The number of amides is 2. The van der Waals surface area contributed by atoms with Gasteiger partial charge in [0, 0.05) is 13.1 Å². The number of carbonyl (C=O) groups excluding carboxylic acids is 1. The van der Waals surface area contributed by atoms with E-state index in [-0.39, 0.29) is 6.03 Å². The summed E-state index contributed by atoms with van der Waals surface area (Å²) in [6, 6.07) is -1.15. The molecule has 0 spiro atoms. The molecule has 0 aromatic carbocycles. The second-order valence-corrected chi connectivity index (χ2v) is 3.09. The minimum Gasteiger partial charge on any atom is -0.480 e. The van der Waals surface area contributed by atoms with Crippen LogP contribution < -0.4 is 5.32 Å². The van der Waals surface area contributed by atoms with Crippen LogP contribution in [-0.4, -0.2) is 41.1 Å². The third-order valence-corrected chi connectivity index (χ3v) is 1.87. The summed E-state index contributed by atoms with van der Waals surface area (Å²) in [4.78, 5) is 23.5. The fourth-order valence-corrected chi connectivity index (χ4v) is 1.01. The number of hydrogen-bond donors (Lipinski definition) is 2. The first kappa shape index (κ1) is 12.7. The van der Waals surface area contributed by atoms with E-state index in [0.29, 0.717) is 13.1 Å². The Bertz CT molecular complexity index is 206. The molecule has 0 heterocycles. The Kier molecular flexibility index (Phi) is 5.67.